The summed E-state index contributed by atoms with van der Waals surface area (Å²) >= 11 is 0. The van der Waals surface area contributed by atoms with Crippen molar-refractivity contribution in [2.45, 2.75) is 18.9 Å². The summed E-state index contributed by atoms with van der Waals surface area (Å²) in [7, 11) is 0. The molecule has 0 N–H and O–H groups in total. The molecule has 138 valence electrons. The van der Waals surface area contributed by atoms with Gasteiger partial charge >= 0.3 is 6.03 Å². The standard InChI is InChI=1S/C19H18N4O4/c24-16-6-5-12(11-20-16)17(25)22-9-7-13(8-10-22)23-18(26)14-3-1-2-4-15(14)21-19(23)27/h1-6,11-14H,7-10H2. The molecule has 2 atom stereocenters. The van der Waals surface area contributed by atoms with Gasteiger partial charge in [-0.25, -0.2) is 9.79 Å². The van der Waals surface area contributed by atoms with Crippen LogP contribution in [0.15, 0.2) is 46.4 Å². The van der Waals surface area contributed by atoms with Gasteiger partial charge in [-0.05, 0) is 18.9 Å². The number of hydrogen-bond donors (Lipinski definition) is 0. The number of piperidine rings is 1. The highest BCUT2D eigenvalue weighted by molar-refractivity contribution is 6.21. The van der Waals surface area contributed by atoms with Crippen molar-refractivity contribution in [3.05, 3.63) is 36.5 Å². The van der Waals surface area contributed by atoms with Crippen LogP contribution in [0.25, 0.3) is 0 Å². The van der Waals surface area contributed by atoms with Gasteiger partial charge in [0.2, 0.25) is 11.8 Å². The van der Waals surface area contributed by atoms with E-state index in [1.165, 1.54) is 17.2 Å². The van der Waals surface area contributed by atoms with E-state index >= 15 is 0 Å². The monoisotopic (exact) mass is 366 g/mol. The lowest BCUT2D eigenvalue weighted by Crippen LogP contribution is -2.55. The summed E-state index contributed by atoms with van der Waals surface area (Å²) in [5, 5.41) is 0. The minimum absolute atomic E-state index is 0.127. The third-order valence-electron chi connectivity index (χ3n) is 5.17. The Balaban J connectivity index is 1.41. The zero-order valence-corrected chi connectivity index (χ0v) is 14.5. The molecule has 0 bridgehead atoms. The maximum absolute atomic E-state index is 12.8. The fourth-order valence-corrected chi connectivity index (χ4v) is 3.73. The first kappa shape index (κ1) is 17.3. The Kier molecular flexibility index (Phi) is 4.39. The summed E-state index contributed by atoms with van der Waals surface area (Å²) in [5.74, 6) is -1.79. The molecule has 4 rings (SSSR count). The van der Waals surface area contributed by atoms with Crippen LogP contribution in [-0.2, 0) is 14.4 Å². The van der Waals surface area contributed by atoms with Crippen molar-refractivity contribution >= 4 is 35.7 Å². The van der Waals surface area contributed by atoms with Crippen LogP contribution < -0.4 is 0 Å². The Morgan fingerprint density at radius 3 is 2.52 bits per heavy atom. The van der Waals surface area contributed by atoms with Gasteiger partial charge in [-0.3, -0.25) is 19.3 Å². The Morgan fingerprint density at radius 1 is 1.04 bits per heavy atom. The number of allylic oxidation sites excluding steroid dienone is 3. The molecule has 0 radical (unpaired) electrons. The Labute approximate surface area is 155 Å². The number of carbonyl (C=O) groups excluding carboxylic acids is 4. The van der Waals surface area contributed by atoms with Crippen molar-refractivity contribution in [1.82, 2.24) is 9.80 Å². The van der Waals surface area contributed by atoms with Crippen LogP contribution in [0, 0.1) is 11.8 Å². The first-order chi connectivity index (χ1) is 13.0. The van der Waals surface area contributed by atoms with E-state index in [4.69, 9.17) is 0 Å². The minimum Gasteiger partial charge on any atom is -0.342 e. The van der Waals surface area contributed by atoms with Gasteiger partial charge in [-0.2, -0.15) is 4.99 Å². The Bertz CT molecular complexity index is 843. The summed E-state index contributed by atoms with van der Waals surface area (Å²) < 4.78 is 0. The number of amides is 5. The smallest absolute Gasteiger partial charge is 0.342 e. The number of aliphatic imine (C=N–C) groups is 2. The predicted octanol–water partition coefficient (Wildman–Crippen LogP) is 0.906. The van der Waals surface area contributed by atoms with Crippen molar-refractivity contribution in [2.75, 3.05) is 13.1 Å². The molecular weight excluding hydrogens is 348 g/mol. The average molecular weight is 366 g/mol. The molecule has 5 amide bonds. The van der Waals surface area contributed by atoms with E-state index in [0.29, 0.717) is 31.6 Å². The topological polar surface area (TPSA) is 99.5 Å². The highest BCUT2D eigenvalue weighted by Crippen LogP contribution is 2.26. The molecule has 1 fully saturated rings. The largest absolute Gasteiger partial charge is 0.350 e. The summed E-state index contributed by atoms with van der Waals surface area (Å²) in [5.41, 5.74) is 0.481. The molecule has 2 unspecified atom stereocenters. The van der Waals surface area contributed by atoms with Crippen molar-refractivity contribution in [1.29, 1.82) is 0 Å². The molecule has 0 spiro atoms. The maximum atomic E-state index is 12.8. The van der Waals surface area contributed by atoms with E-state index in [1.54, 1.807) is 35.3 Å². The summed E-state index contributed by atoms with van der Waals surface area (Å²) in [6.45, 7) is 0.868. The number of nitrogens with zero attached hydrogens (tertiary/aromatic N) is 4. The van der Waals surface area contributed by atoms with Gasteiger partial charge in [0, 0.05) is 31.4 Å². The summed E-state index contributed by atoms with van der Waals surface area (Å²) in [4.78, 5) is 59.4. The Morgan fingerprint density at radius 2 is 1.81 bits per heavy atom. The molecular formula is C19H18N4O4. The van der Waals surface area contributed by atoms with Crippen LogP contribution in [-0.4, -0.2) is 64.6 Å². The van der Waals surface area contributed by atoms with E-state index in [1.807, 2.05) is 0 Å². The molecule has 1 saturated heterocycles. The lowest BCUT2D eigenvalue weighted by molar-refractivity contribution is -0.135. The van der Waals surface area contributed by atoms with Crippen LogP contribution in [0.3, 0.4) is 0 Å². The molecule has 1 aliphatic carbocycles. The number of dihydropyridines is 1. The second kappa shape index (κ2) is 6.86. The number of urea groups is 1. The van der Waals surface area contributed by atoms with Crippen molar-refractivity contribution in [3.63, 3.8) is 0 Å². The second-order valence-electron chi connectivity index (χ2n) is 6.81. The summed E-state index contributed by atoms with van der Waals surface area (Å²) in [6, 6.07) is -0.798. The van der Waals surface area contributed by atoms with Gasteiger partial charge in [0.25, 0.3) is 5.91 Å². The number of likely N-dealkylation sites (tertiary alicyclic amines) is 1. The quantitative estimate of drug-likeness (QED) is 0.725. The lowest BCUT2D eigenvalue weighted by atomic mass is 9.93. The molecule has 0 aromatic heterocycles. The zero-order valence-electron chi connectivity index (χ0n) is 14.5. The van der Waals surface area contributed by atoms with Gasteiger partial charge in [-0.1, -0.05) is 24.3 Å². The lowest BCUT2D eigenvalue weighted by Gasteiger charge is -2.39. The van der Waals surface area contributed by atoms with Crippen LogP contribution in [0.1, 0.15) is 12.8 Å². The van der Waals surface area contributed by atoms with Crippen LogP contribution in [0.4, 0.5) is 4.79 Å². The first-order valence-electron chi connectivity index (χ1n) is 8.90. The highest BCUT2D eigenvalue weighted by atomic mass is 16.2. The van der Waals surface area contributed by atoms with Gasteiger partial charge in [0.15, 0.2) is 0 Å². The number of carbonyl (C=O) groups is 4. The zero-order chi connectivity index (χ0) is 19.0. The number of hydrogen-bond acceptors (Lipinski definition) is 4. The maximum Gasteiger partial charge on any atom is 0.350 e. The van der Waals surface area contributed by atoms with E-state index in [0.717, 1.165) is 0 Å². The number of fused-ring (bicyclic) bond motifs is 1. The fourth-order valence-electron chi connectivity index (χ4n) is 3.73. The fraction of sp³-hybridized carbons (Fsp3) is 0.368. The normalized spacial score (nSPS) is 27.9. The molecule has 0 aromatic rings. The van der Waals surface area contributed by atoms with E-state index in [-0.39, 0.29) is 23.8 Å². The van der Waals surface area contributed by atoms with Gasteiger partial charge in [0.05, 0.1) is 17.5 Å². The first-order valence-corrected chi connectivity index (χ1v) is 8.90. The Hall–Kier alpha value is -3.16. The van der Waals surface area contributed by atoms with Crippen molar-refractivity contribution in [2.24, 2.45) is 21.8 Å². The molecule has 4 aliphatic rings. The minimum atomic E-state index is -0.538. The van der Waals surface area contributed by atoms with Crippen molar-refractivity contribution in [3.8, 4) is 0 Å². The third-order valence-corrected chi connectivity index (χ3v) is 5.17. The van der Waals surface area contributed by atoms with Gasteiger partial charge in [0.1, 0.15) is 0 Å². The van der Waals surface area contributed by atoms with Gasteiger partial charge < -0.3 is 4.90 Å². The van der Waals surface area contributed by atoms with E-state index < -0.39 is 17.9 Å². The molecule has 8 heteroatoms. The second-order valence-corrected chi connectivity index (χ2v) is 6.81. The predicted molar refractivity (Wildman–Crippen MR) is 97.2 cm³/mol. The molecule has 0 aromatic carbocycles. The third kappa shape index (κ3) is 3.18. The average Bonchev–Trinajstić information content (AvgIpc) is 2.68. The van der Waals surface area contributed by atoms with Crippen LogP contribution in [0.2, 0.25) is 0 Å². The molecule has 8 nitrogen and oxygen atoms in total. The molecule has 3 aliphatic heterocycles. The molecule has 3 heterocycles. The molecule has 27 heavy (non-hydrogen) atoms. The summed E-state index contributed by atoms with van der Waals surface area (Å²) in [6.07, 6.45) is 12.2. The number of imide groups is 1. The van der Waals surface area contributed by atoms with Crippen molar-refractivity contribution < 1.29 is 19.2 Å². The van der Waals surface area contributed by atoms with E-state index in [2.05, 4.69) is 9.98 Å². The van der Waals surface area contributed by atoms with E-state index in [9.17, 15) is 19.2 Å². The SMILES string of the molecule is O=C1C=CC(C(=O)N2CCC(N3C(=O)N=C4C=CC=CC4C3=O)CC2)C=N1. The molecule has 0 saturated carbocycles. The van der Waals surface area contributed by atoms with Crippen LogP contribution >= 0.6 is 0 Å². The van der Waals surface area contributed by atoms with Gasteiger partial charge in [-0.15, -0.1) is 0 Å². The highest BCUT2D eigenvalue weighted by Gasteiger charge is 2.41. The number of rotatable bonds is 2. The van der Waals surface area contributed by atoms with Crippen LogP contribution in [0.5, 0.6) is 0 Å².